The molecule has 0 radical (unpaired) electrons. The Hall–Kier alpha value is -3.36. The number of methoxy groups -OCH3 is 1. The van der Waals surface area contributed by atoms with Gasteiger partial charge in [-0.2, -0.15) is 0 Å². The number of nitrogens with zero attached hydrogens (tertiary/aromatic N) is 4. The maximum absolute atomic E-state index is 13.8. The molecule has 3 aromatic rings. The van der Waals surface area contributed by atoms with Crippen LogP contribution in [-0.2, 0) is 0 Å². The van der Waals surface area contributed by atoms with E-state index in [1.807, 2.05) is 4.90 Å². The minimum atomic E-state index is -1.18. The Labute approximate surface area is 154 Å². The molecule has 3 heterocycles. The van der Waals surface area contributed by atoms with Crippen LogP contribution in [0.3, 0.4) is 0 Å². The van der Waals surface area contributed by atoms with Crippen LogP contribution in [0.25, 0.3) is 5.65 Å². The Morgan fingerprint density at radius 3 is 2.96 bits per heavy atom. The molecule has 1 aliphatic heterocycles. The standard InChI is InChI=1S/C18H18FN5O3/c1-27-13-5-4-10(19)9-11(13)12-3-2-7-23(12)14-6-8-24-17(21-14)15(18(25)26)16(20)22-24/h4-6,8-9,12H,2-3,7H2,1H3,(H2,20,22)(H,25,26). The van der Waals surface area contributed by atoms with Gasteiger partial charge in [0.25, 0.3) is 0 Å². The highest BCUT2D eigenvalue weighted by Gasteiger charge is 2.30. The molecule has 1 atom stereocenters. The zero-order valence-electron chi connectivity index (χ0n) is 14.6. The third-order valence-electron chi connectivity index (χ3n) is 4.81. The molecule has 8 nitrogen and oxygen atoms in total. The van der Waals surface area contributed by atoms with Crippen molar-refractivity contribution in [1.82, 2.24) is 14.6 Å². The molecule has 2 aromatic heterocycles. The topological polar surface area (TPSA) is 106 Å². The van der Waals surface area contributed by atoms with Crippen LogP contribution in [0.15, 0.2) is 30.5 Å². The lowest BCUT2D eigenvalue weighted by molar-refractivity contribution is 0.0700. The number of fused-ring (bicyclic) bond motifs is 1. The zero-order chi connectivity index (χ0) is 19.1. The van der Waals surface area contributed by atoms with E-state index in [0.717, 1.165) is 18.4 Å². The molecule has 1 fully saturated rings. The van der Waals surface area contributed by atoms with E-state index in [1.54, 1.807) is 25.4 Å². The van der Waals surface area contributed by atoms with Gasteiger partial charge in [-0.15, -0.1) is 5.10 Å². The van der Waals surface area contributed by atoms with Gasteiger partial charge in [0, 0.05) is 18.3 Å². The lowest BCUT2D eigenvalue weighted by Gasteiger charge is -2.27. The van der Waals surface area contributed by atoms with Crippen molar-refractivity contribution in [3.05, 3.63) is 47.4 Å². The third kappa shape index (κ3) is 2.80. The monoisotopic (exact) mass is 371 g/mol. The summed E-state index contributed by atoms with van der Waals surface area (Å²) in [5.74, 6) is -0.417. The molecule has 4 rings (SSSR count). The van der Waals surface area contributed by atoms with Gasteiger partial charge in [-0.25, -0.2) is 18.7 Å². The normalized spacial score (nSPS) is 16.8. The molecule has 3 N–H and O–H groups in total. The number of benzene rings is 1. The first kappa shape index (κ1) is 17.1. The number of hydrogen-bond acceptors (Lipinski definition) is 6. The Kier molecular flexibility index (Phi) is 4.06. The summed E-state index contributed by atoms with van der Waals surface area (Å²) in [5.41, 5.74) is 6.49. The number of anilines is 2. The lowest BCUT2D eigenvalue weighted by Crippen LogP contribution is -2.24. The van der Waals surface area contributed by atoms with Gasteiger partial charge < -0.3 is 20.5 Å². The molecular formula is C18H18FN5O3. The van der Waals surface area contributed by atoms with Gasteiger partial charge in [0.05, 0.1) is 13.2 Å². The number of hydrogen-bond donors (Lipinski definition) is 2. The van der Waals surface area contributed by atoms with Crippen molar-refractivity contribution in [3.63, 3.8) is 0 Å². The van der Waals surface area contributed by atoms with Crippen molar-refractivity contribution < 1.29 is 19.0 Å². The molecule has 140 valence electrons. The fourth-order valence-corrected chi connectivity index (χ4v) is 3.63. The summed E-state index contributed by atoms with van der Waals surface area (Å²) in [7, 11) is 1.55. The number of carboxylic acid groups (broad SMARTS) is 1. The van der Waals surface area contributed by atoms with Crippen molar-refractivity contribution in [3.8, 4) is 5.75 Å². The summed E-state index contributed by atoms with van der Waals surface area (Å²) in [4.78, 5) is 18.0. The van der Waals surface area contributed by atoms with Crippen molar-refractivity contribution in [2.45, 2.75) is 18.9 Å². The smallest absolute Gasteiger partial charge is 0.343 e. The van der Waals surface area contributed by atoms with Crippen LogP contribution >= 0.6 is 0 Å². The van der Waals surface area contributed by atoms with Crippen LogP contribution in [0, 0.1) is 5.82 Å². The van der Waals surface area contributed by atoms with Gasteiger partial charge in [0.15, 0.2) is 11.5 Å². The Bertz CT molecular complexity index is 1040. The largest absolute Gasteiger partial charge is 0.496 e. The Balaban J connectivity index is 1.80. The first-order valence-electron chi connectivity index (χ1n) is 8.48. The molecule has 1 aliphatic rings. The number of nitrogens with two attached hydrogens (primary N) is 1. The molecule has 9 heteroatoms. The molecular weight excluding hydrogens is 353 g/mol. The second-order valence-electron chi connectivity index (χ2n) is 6.36. The molecule has 0 aliphatic carbocycles. The molecule has 27 heavy (non-hydrogen) atoms. The minimum Gasteiger partial charge on any atom is -0.496 e. The van der Waals surface area contributed by atoms with Crippen molar-refractivity contribution >= 4 is 23.3 Å². The van der Waals surface area contributed by atoms with Gasteiger partial charge in [0.1, 0.15) is 22.9 Å². The molecule has 0 saturated carbocycles. The zero-order valence-corrected chi connectivity index (χ0v) is 14.6. The number of carbonyl (C=O) groups is 1. The Morgan fingerprint density at radius 1 is 1.41 bits per heavy atom. The van der Waals surface area contributed by atoms with Gasteiger partial charge in [-0.1, -0.05) is 0 Å². The molecule has 0 spiro atoms. The first-order valence-corrected chi connectivity index (χ1v) is 8.48. The van der Waals surface area contributed by atoms with Gasteiger partial charge in [0.2, 0.25) is 0 Å². The number of nitrogen functional groups attached to an aromatic ring is 1. The number of rotatable bonds is 4. The van der Waals surface area contributed by atoms with E-state index >= 15 is 0 Å². The SMILES string of the molecule is COc1ccc(F)cc1C1CCCN1c1ccn2nc(N)c(C(=O)O)c2n1. The number of ether oxygens (including phenoxy) is 1. The first-order chi connectivity index (χ1) is 13.0. The van der Waals surface area contributed by atoms with Crippen LogP contribution in [0.2, 0.25) is 0 Å². The summed E-state index contributed by atoms with van der Waals surface area (Å²) in [6, 6.07) is 6.06. The van der Waals surface area contributed by atoms with E-state index in [4.69, 9.17) is 10.5 Å². The van der Waals surface area contributed by atoms with Gasteiger partial charge >= 0.3 is 5.97 Å². The molecule has 0 amide bonds. The lowest BCUT2D eigenvalue weighted by atomic mass is 10.0. The van der Waals surface area contributed by atoms with Crippen LogP contribution in [0.4, 0.5) is 16.0 Å². The van der Waals surface area contributed by atoms with E-state index in [1.165, 1.54) is 16.6 Å². The van der Waals surface area contributed by atoms with Crippen molar-refractivity contribution in [2.24, 2.45) is 0 Å². The van der Waals surface area contributed by atoms with Gasteiger partial charge in [-0.05, 0) is 37.1 Å². The van der Waals surface area contributed by atoms with Gasteiger partial charge in [-0.3, -0.25) is 0 Å². The summed E-state index contributed by atoms with van der Waals surface area (Å²) >= 11 is 0. The Morgan fingerprint density at radius 2 is 2.22 bits per heavy atom. The molecule has 0 bridgehead atoms. The number of aromatic carboxylic acids is 1. The third-order valence-corrected chi connectivity index (χ3v) is 4.81. The second kappa shape index (κ2) is 6.42. The van der Waals surface area contributed by atoms with Crippen LogP contribution in [-0.4, -0.2) is 39.3 Å². The van der Waals surface area contributed by atoms with E-state index < -0.39 is 5.97 Å². The highest BCUT2D eigenvalue weighted by Crippen LogP contribution is 2.39. The van der Waals surface area contributed by atoms with Crippen LogP contribution < -0.4 is 15.4 Å². The van der Waals surface area contributed by atoms with E-state index in [2.05, 4.69) is 10.1 Å². The average molecular weight is 371 g/mol. The van der Waals surface area contributed by atoms with E-state index in [-0.39, 0.29) is 28.9 Å². The predicted octanol–water partition coefficient (Wildman–Crippen LogP) is 2.50. The van der Waals surface area contributed by atoms with Crippen molar-refractivity contribution in [2.75, 3.05) is 24.3 Å². The maximum Gasteiger partial charge on any atom is 0.343 e. The predicted molar refractivity (Wildman–Crippen MR) is 96.6 cm³/mol. The number of halogens is 1. The maximum atomic E-state index is 13.8. The van der Waals surface area contributed by atoms with E-state index in [0.29, 0.717) is 18.1 Å². The average Bonchev–Trinajstić information content (AvgIpc) is 3.24. The summed E-state index contributed by atoms with van der Waals surface area (Å²) in [6.45, 7) is 0.708. The molecule has 1 unspecified atom stereocenters. The highest BCUT2D eigenvalue weighted by atomic mass is 19.1. The number of carboxylic acids is 1. The van der Waals surface area contributed by atoms with E-state index in [9.17, 15) is 14.3 Å². The second-order valence-corrected chi connectivity index (χ2v) is 6.36. The fraction of sp³-hybridized carbons (Fsp3) is 0.278. The molecule has 1 aromatic carbocycles. The summed E-state index contributed by atoms with van der Waals surface area (Å²) in [5, 5.41) is 13.4. The molecule has 1 saturated heterocycles. The fourth-order valence-electron chi connectivity index (χ4n) is 3.63. The van der Waals surface area contributed by atoms with Crippen molar-refractivity contribution in [1.29, 1.82) is 0 Å². The summed E-state index contributed by atoms with van der Waals surface area (Å²) in [6.07, 6.45) is 3.32. The minimum absolute atomic E-state index is 0.0862. The highest BCUT2D eigenvalue weighted by molar-refractivity contribution is 5.99. The number of aromatic nitrogens is 3. The summed E-state index contributed by atoms with van der Waals surface area (Å²) < 4.78 is 20.6. The van der Waals surface area contributed by atoms with Crippen LogP contribution in [0.1, 0.15) is 34.8 Å². The van der Waals surface area contributed by atoms with Crippen LogP contribution in [0.5, 0.6) is 5.75 Å². The quantitative estimate of drug-likeness (QED) is 0.726.